The molecule has 100 valence electrons. The van der Waals surface area contributed by atoms with Crippen LogP contribution < -0.4 is 11.1 Å². The van der Waals surface area contributed by atoms with Gasteiger partial charge in [-0.3, -0.25) is 19.4 Å². The lowest BCUT2D eigenvalue weighted by atomic mass is 10.2. The van der Waals surface area contributed by atoms with Gasteiger partial charge in [0, 0.05) is 13.2 Å². The van der Waals surface area contributed by atoms with Gasteiger partial charge in [-0.25, -0.2) is 4.98 Å². The third kappa shape index (κ3) is 3.09. The van der Waals surface area contributed by atoms with Gasteiger partial charge in [0.2, 0.25) is 0 Å². The number of pyridine rings is 1. The molecule has 0 aliphatic carbocycles. The largest absolute Gasteiger partial charge is 0.389 e. The summed E-state index contributed by atoms with van der Waals surface area (Å²) in [4.78, 5) is 30.1. The molecule has 2 rings (SSSR count). The Balaban J connectivity index is 2.29. The minimum Gasteiger partial charge on any atom is -0.389 e. The Hall–Kier alpha value is -1.93. The number of aliphatic hydroxyl groups is 1. The number of aromatic nitrogens is 4. The summed E-state index contributed by atoms with van der Waals surface area (Å²) in [6.07, 6.45) is 0.971. The second-order valence-corrected chi connectivity index (χ2v) is 4.89. The molecule has 0 bridgehead atoms. The van der Waals surface area contributed by atoms with E-state index in [2.05, 4.69) is 15.1 Å². The third-order valence-corrected chi connectivity index (χ3v) is 3.38. The van der Waals surface area contributed by atoms with Gasteiger partial charge in [-0.15, -0.1) is 0 Å². The Morgan fingerprint density at radius 3 is 2.74 bits per heavy atom. The van der Waals surface area contributed by atoms with Crippen LogP contribution in [0.15, 0.2) is 38.1 Å². The zero-order valence-corrected chi connectivity index (χ0v) is 11.1. The van der Waals surface area contributed by atoms with Crippen LogP contribution in [0.25, 0.3) is 0 Å². The molecular formula is C11H12N4O3S. The molecule has 19 heavy (non-hydrogen) atoms. The zero-order valence-electron chi connectivity index (χ0n) is 10.3. The van der Waals surface area contributed by atoms with Crippen LogP contribution in [0.5, 0.6) is 0 Å². The number of H-pyrrole nitrogens is 1. The number of aryl methyl sites for hydroxylation is 1. The molecule has 7 nitrogen and oxygen atoms in total. The van der Waals surface area contributed by atoms with E-state index >= 15 is 0 Å². The third-order valence-electron chi connectivity index (χ3n) is 2.39. The highest BCUT2D eigenvalue weighted by Gasteiger charge is 2.08. The van der Waals surface area contributed by atoms with E-state index in [1.807, 2.05) is 0 Å². The smallest absolute Gasteiger partial charge is 0.339 e. The normalized spacial score (nSPS) is 12.4. The maximum absolute atomic E-state index is 11.2. The van der Waals surface area contributed by atoms with E-state index in [9.17, 15) is 14.7 Å². The molecule has 0 aliphatic heterocycles. The molecule has 2 heterocycles. The molecule has 0 amide bonds. The standard InChI is InChI=1S/C11H12N4O3S/c1-6(16)7-3-4-8(12-5-7)19-11-13-9(17)10(18)14-15(11)2/h3-6,16H,1-2H3,(H,14,18). The van der Waals surface area contributed by atoms with Crippen molar-refractivity contribution in [2.75, 3.05) is 0 Å². The molecule has 1 unspecified atom stereocenters. The van der Waals surface area contributed by atoms with E-state index in [0.717, 1.165) is 11.8 Å². The van der Waals surface area contributed by atoms with Gasteiger partial charge >= 0.3 is 11.1 Å². The van der Waals surface area contributed by atoms with Crippen LogP contribution in [0.1, 0.15) is 18.6 Å². The molecule has 8 heteroatoms. The quantitative estimate of drug-likeness (QED) is 0.771. The van der Waals surface area contributed by atoms with Gasteiger partial charge in [-0.1, -0.05) is 6.07 Å². The summed E-state index contributed by atoms with van der Waals surface area (Å²) in [5.41, 5.74) is -0.891. The molecule has 0 saturated heterocycles. The van der Waals surface area contributed by atoms with E-state index in [0.29, 0.717) is 15.7 Å². The minimum absolute atomic E-state index is 0.335. The first kappa shape index (κ1) is 13.5. The van der Waals surface area contributed by atoms with Crippen molar-refractivity contribution in [2.24, 2.45) is 7.05 Å². The predicted octanol–water partition coefficient (Wildman–Crippen LogP) is 0.0681. The predicted molar refractivity (Wildman–Crippen MR) is 69.1 cm³/mol. The molecule has 0 aromatic carbocycles. The van der Waals surface area contributed by atoms with Crippen LogP contribution in [0.4, 0.5) is 0 Å². The summed E-state index contributed by atoms with van der Waals surface area (Å²) in [6, 6.07) is 3.45. The fourth-order valence-corrected chi connectivity index (χ4v) is 2.08. The number of hydrogen-bond donors (Lipinski definition) is 2. The summed E-state index contributed by atoms with van der Waals surface area (Å²) in [6.45, 7) is 1.65. The van der Waals surface area contributed by atoms with Crippen LogP contribution in [-0.4, -0.2) is 24.9 Å². The first-order valence-corrected chi connectivity index (χ1v) is 6.28. The van der Waals surface area contributed by atoms with E-state index in [4.69, 9.17) is 0 Å². The monoisotopic (exact) mass is 280 g/mol. The summed E-state index contributed by atoms with van der Waals surface area (Å²) >= 11 is 1.15. The van der Waals surface area contributed by atoms with Crippen molar-refractivity contribution in [1.29, 1.82) is 0 Å². The summed E-state index contributed by atoms with van der Waals surface area (Å²) in [5, 5.41) is 12.7. The Morgan fingerprint density at radius 1 is 1.42 bits per heavy atom. The van der Waals surface area contributed by atoms with Crippen molar-refractivity contribution in [2.45, 2.75) is 23.2 Å². The maximum atomic E-state index is 11.2. The number of aliphatic hydroxyl groups excluding tert-OH is 1. The molecule has 0 fully saturated rings. The van der Waals surface area contributed by atoms with Gasteiger partial charge in [-0.05, 0) is 30.3 Å². The molecule has 0 saturated carbocycles. The van der Waals surface area contributed by atoms with Crippen LogP contribution >= 0.6 is 11.8 Å². The van der Waals surface area contributed by atoms with Gasteiger partial charge in [0.25, 0.3) is 0 Å². The number of nitrogens with zero attached hydrogens (tertiary/aromatic N) is 3. The molecule has 2 N–H and O–H groups in total. The molecule has 0 spiro atoms. The van der Waals surface area contributed by atoms with Crippen molar-refractivity contribution in [3.63, 3.8) is 0 Å². The van der Waals surface area contributed by atoms with Gasteiger partial charge < -0.3 is 5.11 Å². The number of nitrogens with one attached hydrogen (secondary N) is 1. The summed E-state index contributed by atoms with van der Waals surface area (Å²) in [7, 11) is 1.58. The molecule has 2 aromatic rings. The molecule has 0 radical (unpaired) electrons. The fraction of sp³-hybridized carbons (Fsp3) is 0.273. The van der Waals surface area contributed by atoms with Crippen molar-refractivity contribution >= 4 is 11.8 Å². The Bertz CT molecular complexity index is 690. The van der Waals surface area contributed by atoms with Gasteiger partial charge in [0.05, 0.1) is 6.10 Å². The molecule has 1 atom stereocenters. The lowest BCUT2D eigenvalue weighted by molar-refractivity contribution is 0.198. The van der Waals surface area contributed by atoms with Gasteiger partial charge in [0.15, 0.2) is 5.16 Å². The zero-order chi connectivity index (χ0) is 14.0. The number of rotatable bonds is 3. The van der Waals surface area contributed by atoms with Crippen LogP contribution in [0.2, 0.25) is 0 Å². The molecule has 2 aromatic heterocycles. The second kappa shape index (κ2) is 5.37. The fourth-order valence-electron chi connectivity index (χ4n) is 1.34. The van der Waals surface area contributed by atoms with Crippen LogP contribution in [0, 0.1) is 0 Å². The van der Waals surface area contributed by atoms with Gasteiger partial charge in [0.1, 0.15) is 5.03 Å². The number of aromatic amines is 1. The maximum Gasteiger partial charge on any atom is 0.339 e. The Labute approximate surface area is 112 Å². The van der Waals surface area contributed by atoms with E-state index in [1.165, 1.54) is 4.68 Å². The van der Waals surface area contributed by atoms with Crippen molar-refractivity contribution in [3.8, 4) is 0 Å². The first-order valence-electron chi connectivity index (χ1n) is 5.46. The topological polar surface area (TPSA) is 101 Å². The Morgan fingerprint density at radius 2 is 2.16 bits per heavy atom. The lowest BCUT2D eigenvalue weighted by Gasteiger charge is -2.07. The van der Waals surface area contributed by atoms with Crippen LogP contribution in [-0.2, 0) is 7.05 Å². The average Bonchev–Trinajstić information content (AvgIpc) is 2.36. The van der Waals surface area contributed by atoms with Crippen molar-refractivity contribution in [1.82, 2.24) is 19.7 Å². The van der Waals surface area contributed by atoms with E-state index in [-0.39, 0.29) is 0 Å². The number of hydrogen-bond acceptors (Lipinski definition) is 6. The minimum atomic E-state index is -0.832. The highest BCUT2D eigenvalue weighted by atomic mass is 32.2. The second-order valence-electron chi connectivity index (χ2n) is 3.91. The van der Waals surface area contributed by atoms with E-state index < -0.39 is 17.2 Å². The first-order chi connectivity index (χ1) is 8.97. The van der Waals surface area contributed by atoms with E-state index in [1.54, 1.807) is 32.3 Å². The van der Waals surface area contributed by atoms with Gasteiger partial charge in [-0.2, -0.15) is 4.98 Å². The Kier molecular flexibility index (Phi) is 3.82. The average molecular weight is 280 g/mol. The highest BCUT2D eigenvalue weighted by molar-refractivity contribution is 7.99. The van der Waals surface area contributed by atoms with Crippen molar-refractivity contribution in [3.05, 3.63) is 44.6 Å². The molecule has 0 aliphatic rings. The summed E-state index contributed by atoms with van der Waals surface area (Å²) < 4.78 is 1.36. The van der Waals surface area contributed by atoms with Crippen LogP contribution in [0.3, 0.4) is 0 Å². The lowest BCUT2D eigenvalue weighted by Crippen LogP contribution is -2.33. The van der Waals surface area contributed by atoms with Crippen molar-refractivity contribution < 1.29 is 5.11 Å². The molecular weight excluding hydrogens is 268 g/mol. The SMILES string of the molecule is CC(O)c1ccc(Sc2nc(=O)c(=O)[nH]n2C)nc1. The highest BCUT2D eigenvalue weighted by Crippen LogP contribution is 2.23. The summed E-state index contributed by atoms with van der Waals surface area (Å²) in [5.74, 6) is 0.